The molecule has 0 aliphatic heterocycles. The van der Waals surface area contributed by atoms with E-state index < -0.39 is 0 Å². The van der Waals surface area contributed by atoms with Crippen LogP contribution in [0.15, 0.2) is 53.0 Å². The van der Waals surface area contributed by atoms with Crippen LogP contribution < -0.4 is 9.64 Å². The Labute approximate surface area is 140 Å². The molecule has 0 aliphatic carbocycles. The quantitative estimate of drug-likeness (QED) is 0.731. The first-order chi connectivity index (χ1) is 10.7. The van der Waals surface area contributed by atoms with Gasteiger partial charge in [-0.3, -0.25) is 4.79 Å². The first kappa shape index (κ1) is 16.6. The van der Waals surface area contributed by atoms with Crippen molar-refractivity contribution >= 4 is 27.5 Å². The molecular weight excluding hydrogens is 342 g/mol. The van der Waals surface area contributed by atoms with Gasteiger partial charge in [0.25, 0.3) is 5.91 Å². The molecule has 0 atom stereocenters. The van der Waals surface area contributed by atoms with Gasteiger partial charge < -0.3 is 9.64 Å². The van der Waals surface area contributed by atoms with Crippen molar-refractivity contribution in [3.8, 4) is 5.75 Å². The molecule has 2 aromatic rings. The van der Waals surface area contributed by atoms with Crippen molar-refractivity contribution in [1.82, 2.24) is 0 Å². The fraction of sp³-hybridized carbons (Fsp3) is 0.278. The van der Waals surface area contributed by atoms with Crippen molar-refractivity contribution in [1.29, 1.82) is 0 Å². The van der Waals surface area contributed by atoms with Crippen LogP contribution in [0, 0.1) is 0 Å². The average molecular weight is 362 g/mol. The van der Waals surface area contributed by atoms with Gasteiger partial charge in [-0.2, -0.15) is 0 Å². The van der Waals surface area contributed by atoms with E-state index in [2.05, 4.69) is 22.9 Å². The third-order valence-electron chi connectivity index (χ3n) is 3.27. The molecule has 0 saturated carbocycles. The van der Waals surface area contributed by atoms with Gasteiger partial charge in [0.15, 0.2) is 0 Å². The van der Waals surface area contributed by atoms with E-state index in [0.717, 1.165) is 22.3 Å². The fourth-order valence-electron chi connectivity index (χ4n) is 2.17. The second kappa shape index (κ2) is 7.99. The maximum Gasteiger partial charge on any atom is 0.258 e. The van der Waals surface area contributed by atoms with Crippen molar-refractivity contribution in [3.63, 3.8) is 0 Å². The van der Waals surface area contributed by atoms with Gasteiger partial charge in [0.1, 0.15) is 5.75 Å². The second-order valence-corrected chi connectivity index (χ2v) is 5.73. The molecule has 0 saturated heterocycles. The Balaban J connectivity index is 2.23. The molecule has 0 spiro atoms. The molecule has 0 aliphatic rings. The molecular formula is C18H20BrNO2. The number of halogens is 1. The Morgan fingerprint density at radius 3 is 2.45 bits per heavy atom. The number of carbonyl (C=O) groups is 1. The number of ether oxygens (including phenoxy) is 1. The lowest BCUT2D eigenvalue weighted by atomic mass is 10.1. The lowest BCUT2D eigenvalue weighted by molar-refractivity contribution is 0.0988. The number of rotatable bonds is 6. The first-order valence-electron chi connectivity index (χ1n) is 7.46. The van der Waals surface area contributed by atoms with Gasteiger partial charge in [-0.15, -0.1) is 0 Å². The normalized spacial score (nSPS) is 10.3. The van der Waals surface area contributed by atoms with Gasteiger partial charge in [-0.1, -0.05) is 25.1 Å². The van der Waals surface area contributed by atoms with E-state index in [1.807, 2.05) is 55.5 Å². The van der Waals surface area contributed by atoms with Crippen LogP contribution >= 0.6 is 15.9 Å². The highest BCUT2D eigenvalue weighted by Gasteiger charge is 2.17. The molecule has 0 aromatic heterocycles. The van der Waals surface area contributed by atoms with Crippen molar-refractivity contribution < 1.29 is 9.53 Å². The van der Waals surface area contributed by atoms with Gasteiger partial charge >= 0.3 is 0 Å². The number of benzene rings is 2. The predicted octanol–water partition coefficient (Wildman–Crippen LogP) is 4.90. The van der Waals surface area contributed by atoms with E-state index in [9.17, 15) is 4.79 Å². The predicted molar refractivity (Wildman–Crippen MR) is 93.7 cm³/mol. The molecule has 3 nitrogen and oxygen atoms in total. The van der Waals surface area contributed by atoms with Crippen LogP contribution in [0.4, 0.5) is 5.69 Å². The average Bonchev–Trinajstić information content (AvgIpc) is 2.55. The molecule has 116 valence electrons. The number of carbonyl (C=O) groups excluding carboxylic acids is 1. The molecule has 0 bridgehead atoms. The summed E-state index contributed by atoms with van der Waals surface area (Å²) in [6.07, 6.45) is 0.949. The molecule has 4 heteroatoms. The summed E-state index contributed by atoms with van der Waals surface area (Å²) in [5, 5.41) is 0. The number of hydrogen-bond donors (Lipinski definition) is 0. The Bertz CT molecular complexity index is 628. The summed E-state index contributed by atoms with van der Waals surface area (Å²) in [4.78, 5) is 14.5. The SMILES string of the molecule is CCCOc1ccc(C(=O)N(CC)c2ccccc2)cc1Br. The lowest BCUT2D eigenvalue weighted by Crippen LogP contribution is -2.30. The highest BCUT2D eigenvalue weighted by atomic mass is 79.9. The highest BCUT2D eigenvalue weighted by molar-refractivity contribution is 9.10. The minimum atomic E-state index is -0.0172. The van der Waals surface area contributed by atoms with Crippen molar-refractivity contribution in [3.05, 3.63) is 58.6 Å². The molecule has 0 radical (unpaired) electrons. The number of para-hydroxylation sites is 1. The Morgan fingerprint density at radius 2 is 1.86 bits per heavy atom. The smallest absolute Gasteiger partial charge is 0.258 e. The first-order valence-corrected chi connectivity index (χ1v) is 8.26. The minimum absolute atomic E-state index is 0.0172. The van der Waals surface area contributed by atoms with E-state index >= 15 is 0 Å². The van der Waals surface area contributed by atoms with Crippen molar-refractivity contribution in [2.24, 2.45) is 0 Å². The third kappa shape index (κ3) is 3.89. The van der Waals surface area contributed by atoms with Crippen LogP contribution in [-0.2, 0) is 0 Å². The zero-order chi connectivity index (χ0) is 15.9. The highest BCUT2D eigenvalue weighted by Crippen LogP contribution is 2.27. The number of amides is 1. The van der Waals surface area contributed by atoms with E-state index in [1.165, 1.54) is 0 Å². The Hall–Kier alpha value is -1.81. The van der Waals surface area contributed by atoms with E-state index in [0.29, 0.717) is 18.7 Å². The maximum absolute atomic E-state index is 12.7. The zero-order valence-electron chi connectivity index (χ0n) is 12.9. The molecule has 0 N–H and O–H groups in total. The largest absolute Gasteiger partial charge is 0.492 e. The molecule has 2 aromatic carbocycles. The van der Waals surface area contributed by atoms with Gasteiger partial charge in [0, 0.05) is 17.8 Å². The topological polar surface area (TPSA) is 29.5 Å². The zero-order valence-corrected chi connectivity index (χ0v) is 14.5. The molecule has 0 heterocycles. The summed E-state index contributed by atoms with van der Waals surface area (Å²) < 4.78 is 6.42. The monoisotopic (exact) mass is 361 g/mol. The molecule has 2 rings (SSSR count). The van der Waals surface area contributed by atoms with Gasteiger partial charge in [0.05, 0.1) is 11.1 Å². The van der Waals surface area contributed by atoms with Gasteiger partial charge in [-0.05, 0) is 59.6 Å². The van der Waals surface area contributed by atoms with Crippen LogP contribution in [0.25, 0.3) is 0 Å². The maximum atomic E-state index is 12.7. The molecule has 0 unspecified atom stereocenters. The van der Waals surface area contributed by atoms with E-state index in [4.69, 9.17) is 4.74 Å². The number of hydrogen-bond acceptors (Lipinski definition) is 2. The Kier molecular flexibility index (Phi) is 6.01. The summed E-state index contributed by atoms with van der Waals surface area (Å²) in [6, 6.07) is 15.2. The van der Waals surface area contributed by atoms with E-state index in [-0.39, 0.29) is 5.91 Å². The standard InChI is InChI=1S/C18H20BrNO2/c1-3-12-22-17-11-10-14(13-16(17)19)18(21)20(4-2)15-8-6-5-7-9-15/h5-11,13H,3-4,12H2,1-2H3. The summed E-state index contributed by atoms with van der Waals surface area (Å²) in [7, 11) is 0. The summed E-state index contributed by atoms with van der Waals surface area (Å²) in [5.41, 5.74) is 1.54. The van der Waals surface area contributed by atoms with Crippen LogP contribution in [0.5, 0.6) is 5.75 Å². The summed E-state index contributed by atoms with van der Waals surface area (Å²) in [5.74, 6) is 0.748. The third-order valence-corrected chi connectivity index (χ3v) is 3.89. The molecule has 1 amide bonds. The van der Waals surface area contributed by atoms with Gasteiger partial charge in [-0.25, -0.2) is 0 Å². The van der Waals surface area contributed by atoms with Crippen molar-refractivity contribution in [2.75, 3.05) is 18.1 Å². The molecule has 22 heavy (non-hydrogen) atoms. The van der Waals surface area contributed by atoms with Gasteiger partial charge in [0.2, 0.25) is 0 Å². The van der Waals surface area contributed by atoms with E-state index in [1.54, 1.807) is 4.90 Å². The van der Waals surface area contributed by atoms with Crippen LogP contribution in [-0.4, -0.2) is 19.1 Å². The lowest BCUT2D eigenvalue weighted by Gasteiger charge is -2.21. The van der Waals surface area contributed by atoms with Crippen LogP contribution in [0.3, 0.4) is 0 Å². The summed E-state index contributed by atoms with van der Waals surface area (Å²) in [6.45, 7) is 5.31. The summed E-state index contributed by atoms with van der Waals surface area (Å²) >= 11 is 3.48. The Morgan fingerprint density at radius 1 is 1.14 bits per heavy atom. The van der Waals surface area contributed by atoms with Crippen LogP contribution in [0.2, 0.25) is 0 Å². The fourth-order valence-corrected chi connectivity index (χ4v) is 2.66. The molecule has 0 fully saturated rings. The van der Waals surface area contributed by atoms with Crippen molar-refractivity contribution in [2.45, 2.75) is 20.3 Å². The minimum Gasteiger partial charge on any atom is -0.492 e. The number of nitrogens with zero attached hydrogens (tertiary/aromatic N) is 1. The number of anilines is 1. The second-order valence-electron chi connectivity index (χ2n) is 4.88. The van der Waals surface area contributed by atoms with Crippen LogP contribution in [0.1, 0.15) is 30.6 Å².